The highest BCUT2D eigenvalue weighted by Crippen LogP contribution is 2.43. The van der Waals surface area contributed by atoms with Crippen molar-refractivity contribution < 1.29 is 0 Å². The Morgan fingerprint density at radius 2 is 0.943 bits per heavy atom. The average Bonchev–Trinajstić information content (AvgIpc) is 2.63. The van der Waals surface area contributed by atoms with Crippen molar-refractivity contribution in [2.75, 3.05) is 0 Å². The zero-order valence-electron chi connectivity index (χ0n) is 26.2. The van der Waals surface area contributed by atoms with E-state index < -0.39 is 0 Å². The molecule has 0 aliphatic heterocycles. The highest BCUT2D eigenvalue weighted by Gasteiger charge is 2.33. The largest absolute Gasteiger partial charge is 0.0582 e. The Kier molecular flexibility index (Phi) is 7.96. The van der Waals surface area contributed by atoms with Gasteiger partial charge in [-0.3, -0.25) is 0 Å². The van der Waals surface area contributed by atoms with Crippen molar-refractivity contribution in [2.45, 2.75) is 150 Å². The van der Waals surface area contributed by atoms with Crippen LogP contribution in [0.1, 0.15) is 156 Å². The molecule has 0 bridgehead atoms. The van der Waals surface area contributed by atoms with Crippen molar-refractivity contribution in [1.82, 2.24) is 0 Å². The van der Waals surface area contributed by atoms with Gasteiger partial charge in [0.25, 0.3) is 0 Å². The Bertz CT molecular complexity index is 993. The first-order valence-corrected chi connectivity index (χ1v) is 13.8. The fourth-order valence-electron chi connectivity index (χ4n) is 5.39. The van der Waals surface area contributed by atoms with Gasteiger partial charge < -0.3 is 0 Å². The third-order valence-electron chi connectivity index (χ3n) is 7.36. The molecule has 0 N–H and O–H groups in total. The van der Waals surface area contributed by atoms with E-state index in [1.807, 2.05) is 0 Å². The quantitative estimate of drug-likeness (QED) is 0.413. The fraction of sp³-hybridized carbons (Fsp3) is 0.657. The molecule has 0 aromatic heterocycles. The number of hydrogen-bond donors (Lipinski definition) is 0. The molecule has 0 saturated heterocycles. The van der Waals surface area contributed by atoms with Gasteiger partial charge in [-0.15, -0.1) is 0 Å². The highest BCUT2D eigenvalue weighted by molar-refractivity contribution is 5.50. The first-order valence-electron chi connectivity index (χ1n) is 13.8. The van der Waals surface area contributed by atoms with Crippen LogP contribution in [-0.2, 0) is 33.5 Å². The van der Waals surface area contributed by atoms with Gasteiger partial charge in [-0.1, -0.05) is 141 Å². The third kappa shape index (κ3) is 7.02. The van der Waals surface area contributed by atoms with Gasteiger partial charge in [0.05, 0.1) is 0 Å². The maximum atomic E-state index is 2.54. The molecule has 196 valence electrons. The molecule has 0 heterocycles. The molecular formula is C35H56. The molecule has 0 amide bonds. The summed E-state index contributed by atoms with van der Waals surface area (Å²) in [6.07, 6.45) is 1.06. The van der Waals surface area contributed by atoms with Crippen molar-refractivity contribution in [1.29, 1.82) is 0 Å². The minimum absolute atomic E-state index is 0.102. The Hall–Kier alpha value is -1.56. The second-order valence-electron chi connectivity index (χ2n) is 16.2. The van der Waals surface area contributed by atoms with Gasteiger partial charge in [0, 0.05) is 0 Å². The van der Waals surface area contributed by atoms with Gasteiger partial charge in [-0.05, 0) is 78.4 Å². The molecular weight excluding hydrogens is 420 g/mol. The first-order chi connectivity index (χ1) is 15.4. The number of hydrogen-bond acceptors (Lipinski definition) is 0. The predicted molar refractivity (Wildman–Crippen MR) is 159 cm³/mol. The van der Waals surface area contributed by atoms with E-state index >= 15 is 0 Å². The van der Waals surface area contributed by atoms with E-state index in [1.54, 1.807) is 5.56 Å². The monoisotopic (exact) mass is 476 g/mol. The molecule has 0 fully saturated rings. The van der Waals surface area contributed by atoms with Gasteiger partial charge in [-0.2, -0.15) is 0 Å². The molecule has 1 unspecified atom stereocenters. The summed E-state index contributed by atoms with van der Waals surface area (Å²) in [7, 11) is 0. The summed E-state index contributed by atoms with van der Waals surface area (Å²) in [5.74, 6) is 0.452. The second-order valence-corrected chi connectivity index (χ2v) is 16.2. The van der Waals surface area contributed by atoms with E-state index in [2.05, 4.69) is 141 Å². The van der Waals surface area contributed by atoms with Gasteiger partial charge in [0.15, 0.2) is 0 Å². The van der Waals surface area contributed by atoms with Crippen molar-refractivity contribution in [2.24, 2.45) is 0 Å². The zero-order chi connectivity index (χ0) is 27.4. The van der Waals surface area contributed by atoms with Crippen LogP contribution in [0.5, 0.6) is 0 Å². The summed E-state index contributed by atoms with van der Waals surface area (Å²) >= 11 is 0. The normalized spacial score (nSPS) is 14.9. The third-order valence-corrected chi connectivity index (χ3v) is 7.36. The van der Waals surface area contributed by atoms with Gasteiger partial charge in [-0.25, -0.2) is 0 Å². The van der Waals surface area contributed by atoms with E-state index in [0.29, 0.717) is 5.92 Å². The molecule has 0 nitrogen and oxygen atoms in total. The summed E-state index contributed by atoms with van der Waals surface area (Å²) in [5, 5.41) is 0. The Balaban J connectivity index is 2.75. The molecule has 35 heavy (non-hydrogen) atoms. The Morgan fingerprint density at radius 1 is 0.514 bits per heavy atom. The highest BCUT2D eigenvalue weighted by atomic mass is 14.4. The molecule has 0 heteroatoms. The van der Waals surface area contributed by atoms with E-state index in [9.17, 15) is 0 Å². The van der Waals surface area contributed by atoms with Crippen LogP contribution in [0, 0.1) is 0 Å². The van der Waals surface area contributed by atoms with E-state index in [4.69, 9.17) is 0 Å². The molecule has 2 rings (SSSR count). The maximum absolute atomic E-state index is 2.54. The predicted octanol–water partition coefficient (Wildman–Crippen LogP) is 10.5. The van der Waals surface area contributed by atoms with Crippen molar-refractivity contribution in [3.63, 3.8) is 0 Å². The standard InChI is InChI=1S/C35H56/c1-23(26-22-25(31(2,3)4)17-18-27(26)32(5,6)7)19-24-20-28(33(8,9)10)30(35(14,15)16)29(21-24)34(11,12)13/h17-18,20-23H,19H2,1-16H3. The molecule has 2 aromatic carbocycles. The van der Waals surface area contributed by atoms with Crippen LogP contribution in [0.2, 0.25) is 0 Å². The summed E-state index contributed by atoms with van der Waals surface area (Å²) in [6, 6.07) is 12.3. The summed E-state index contributed by atoms with van der Waals surface area (Å²) < 4.78 is 0. The zero-order valence-corrected chi connectivity index (χ0v) is 26.2. The van der Waals surface area contributed by atoms with Crippen LogP contribution < -0.4 is 0 Å². The van der Waals surface area contributed by atoms with E-state index in [-0.39, 0.29) is 27.1 Å². The van der Waals surface area contributed by atoms with Gasteiger partial charge >= 0.3 is 0 Å². The van der Waals surface area contributed by atoms with Gasteiger partial charge in [0.1, 0.15) is 0 Å². The summed E-state index contributed by atoms with van der Waals surface area (Å²) in [6.45, 7) is 37.8. The van der Waals surface area contributed by atoms with Crippen LogP contribution >= 0.6 is 0 Å². The van der Waals surface area contributed by atoms with Gasteiger partial charge in [0.2, 0.25) is 0 Å². The SMILES string of the molecule is CC(Cc1cc(C(C)(C)C)c(C(C)(C)C)c(C(C)(C)C)c1)c1cc(C(C)(C)C)ccc1C(C)(C)C. The lowest BCUT2D eigenvalue weighted by molar-refractivity contribution is 0.496. The minimum atomic E-state index is 0.102. The lowest BCUT2D eigenvalue weighted by Gasteiger charge is -2.37. The minimum Gasteiger partial charge on any atom is -0.0582 e. The molecule has 1 atom stereocenters. The van der Waals surface area contributed by atoms with Crippen molar-refractivity contribution in [3.8, 4) is 0 Å². The fourth-order valence-corrected chi connectivity index (χ4v) is 5.39. The smallest absolute Gasteiger partial charge is 0.0126 e. The molecule has 2 aromatic rings. The lowest BCUT2D eigenvalue weighted by atomic mass is 9.67. The van der Waals surface area contributed by atoms with Crippen LogP contribution in [0.25, 0.3) is 0 Å². The Morgan fingerprint density at radius 3 is 1.29 bits per heavy atom. The van der Waals surface area contributed by atoms with Crippen molar-refractivity contribution >= 4 is 0 Å². The first kappa shape index (κ1) is 29.7. The Labute approximate surface area is 219 Å². The average molecular weight is 477 g/mol. The second kappa shape index (κ2) is 9.39. The summed E-state index contributed by atoms with van der Waals surface area (Å²) in [5.41, 5.74) is 11.1. The summed E-state index contributed by atoms with van der Waals surface area (Å²) in [4.78, 5) is 0. The molecule has 0 aliphatic carbocycles. The number of rotatable bonds is 3. The van der Waals surface area contributed by atoms with Crippen LogP contribution in [0.3, 0.4) is 0 Å². The topological polar surface area (TPSA) is 0 Å². The number of benzene rings is 2. The lowest BCUT2D eigenvalue weighted by Crippen LogP contribution is -2.28. The van der Waals surface area contributed by atoms with Crippen molar-refractivity contribution in [3.05, 3.63) is 69.3 Å². The molecule has 0 aliphatic rings. The van der Waals surface area contributed by atoms with Crippen LogP contribution in [0.15, 0.2) is 30.3 Å². The van der Waals surface area contributed by atoms with E-state index in [1.165, 1.54) is 33.4 Å². The van der Waals surface area contributed by atoms with Crippen LogP contribution in [-0.4, -0.2) is 0 Å². The molecule has 0 saturated carbocycles. The van der Waals surface area contributed by atoms with Crippen LogP contribution in [0.4, 0.5) is 0 Å². The maximum Gasteiger partial charge on any atom is -0.0126 e. The molecule has 0 radical (unpaired) electrons. The van der Waals surface area contributed by atoms with E-state index in [0.717, 1.165) is 6.42 Å². The molecule has 0 spiro atoms.